The van der Waals surface area contributed by atoms with Crippen LogP contribution >= 0.6 is 0 Å². The van der Waals surface area contributed by atoms with Crippen LogP contribution in [0.1, 0.15) is 48.5 Å². The van der Waals surface area contributed by atoms with Gasteiger partial charge in [-0.05, 0) is 68.3 Å². The fourth-order valence-corrected chi connectivity index (χ4v) is 3.68. The Balaban J connectivity index is 1.41. The number of rotatable bonds is 12. The van der Waals surface area contributed by atoms with Gasteiger partial charge in [0.05, 0.1) is 6.61 Å². The summed E-state index contributed by atoms with van der Waals surface area (Å²) in [5, 5.41) is 2.98. The molecule has 0 spiro atoms. The van der Waals surface area contributed by atoms with E-state index in [2.05, 4.69) is 24.2 Å². The number of benzene rings is 2. The highest BCUT2D eigenvalue weighted by Gasteiger charge is 2.18. The molecule has 6 heteroatoms. The summed E-state index contributed by atoms with van der Waals surface area (Å²) >= 11 is 0. The second-order valence-corrected chi connectivity index (χ2v) is 8.23. The van der Waals surface area contributed by atoms with Crippen LogP contribution < -0.4 is 14.8 Å². The molecule has 1 aliphatic rings. The standard InChI is InChI=1S/C26H36N2O4/c1-3-4-15-31-24-10-8-22(9-11-24)26(29)27-20-21-6-5-7-25(19-21)32-18-14-28(2)23-12-16-30-17-13-23/h5-11,19,23H,3-4,12-18,20H2,1-2H3,(H,27,29). The minimum absolute atomic E-state index is 0.102. The quantitative estimate of drug-likeness (QED) is 0.499. The molecule has 1 fully saturated rings. The number of amides is 1. The van der Waals surface area contributed by atoms with E-state index in [0.717, 1.165) is 62.5 Å². The molecule has 0 atom stereocenters. The topological polar surface area (TPSA) is 60.0 Å². The molecule has 0 aliphatic carbocycles. The zero-order chi connectivity index (χ0) is 22.6. The highest BCUT2D eigenvalue weighted by molar-refractivity contribution is 5.94. The zero-order valence-corrected chi connectivity index (χ0v) is 19.3. The molecule has 3 rings (SSSR count). The third-order valence-corrected chi connectivity index (χ3v) is 5.76. The molecule has 174 valence electrons. The van der Waals surface area contributed by atoms with Crippen LogP contribution in [-0.4, -0.2) is 56.9 Å². The first-order valence-electron chi connectivity index (χ1n) is 11.7. The lowest BCUT2D eigenvalue weighted by molar-refractivity contribution is 0.0392. The maximum Gasteiger partial charge on any atom is 0.251 e. The number of unbranched alkanes of at least 4 members (excludes halogenated alkanes) is 1. The Morgan fingerprint density at radius 2 is 1.81 bits per heavy atom. The molecule has 1 heterocycles. The summed E-state index contributed by atoms with van der Waals surface area (Å²) in [6.45, 7) is 6.49. The van der Waals surface area contributed by atoms with Crippen LogP contribution in [0.15, 0.2) is 48.5 Å². The summed E-state index contributed by atoms with van der Waals surface area (Å²) < 4.78 is 17.0. The van der Waals surface area contributed by atoms with Gasteiger partial charge in [0, 0.05) is 37.9 Å². The Labute approximate surface area is 191 Å². The van der Waals surface area contributed by atoms with Gasteiger partial charge in [0.1, 0.15) is 18.1 Å². The summed E-state index contributed by atoms with van der Waals surface area (Å²) in [4.78, 5) is 14.8. The molecule has 1 amide bonds. The van der Waals surface area contributed by atoms with Crippen molar-refractivity contribution >= 4 is 5.91 Å². The summed E-state index contributed by atoms with van der Waals surface area (Å²) in [7, 11) is 2.15. The van der Waals surface area contributed by atoms with E-state index in [4.69, 9.17) is 14.2 Å². The second-order valence-electron chi connectivity index (χ2n) is 8.23. The van der Waals surface area contributed by atoms with E-state index in [9.17, 15) is 4.79 Å². The summed E-state index contributed by atoms with van der Waals surface area (Å²) in [5.74, 6) is 1.52. The molecule has 32 heavy (non-hydrogen) atoms. The third-order valence-electron chi connectivity index (χ3n) is 5.76. The Bertz CT molecular complexity index is 819. The van der Waals surface area contributed by atoms with Gasteiger partial charge in [-0.25, -0.2) is 0 Å². The minimum Gasteiger partial charge on any atom is -0.494 e. The highest BCUT2D eigenvalue weighted by Crippen LogP contribution is 2.16. The molecule has 0 bridgehead atoms. The van der Waals surface area contributed by atoms with Crippen LogP contribution in [0.25, 0.3) is 0 Å². The molecular formula is C26H36N2O4. The zero-order valence-electron chi connectivity index (χ0n) is 19.3. The van der Waals surface area contributed by atoms with Crippen molar-refractivity contribution in [2.24, 2.45) is 0 Å². The van der Waals surface area contributed by atoms with Gasteiger partial charge < -0.3 is 19.5 Å². The van der Waals surface area contributed by atoms with Gasteiger partial charge in [-0.2, -0.15) is 0 Å². The van der Waals surface area contributed by atoms with E-state index in [1.165, 1.54) is 0 Å². The Kier molecular flexibility index (Phi) is 9.85. The molecule has 0 saturated carbocycles. The van der Waals surface area contributed by atoms with Gasteiger partial charge in [-0.1, -0.05) is 25.5 Å². The van der Waals surface area contributed by atoms with E-state index in [1.807, 2.05) is 36.4 Å². The summed E-state index contributed by atoms with van der Waals surface area (Å²) in [5.41, 5.74) is 1.63. The lowest BCUT2D eigenvalue weighted by Crippen LogP contribution is -2.38. The lowest BCUT2D eigenvalue weighted by Gasteiger charge is -2.31. The van der Waals surface area contributed by atoms with Gasteiger partial charge in [0.15, 0.2) is 0 Å². The predicted octanol–water partition coefficient (Wildman–Crippen LogP) is 4.29. The normalized spacial score (nSPS) is 14.3. The van der Waals surface area contributed by atoms with Gasteiger partial charge >= 0.3 is 0 Å². The van der Waals surface area contributed by atoms with Crippen LogP contribution in [0.3, 0.4) is 0 Å². The monoisotopic (exact) mass is 440 g/mol. The molecule has 2 aromatic carbocycles. The van der Waals surface area contributed by atoms with E-state index in [0.29, 0.717) is 31.4 Å². The molecule has 1 N–H and O–H groups in total. The number of hydrogen-bond donors (Lipinski definition) is 1. The van der Waals surface area contributed by atoms with Crippen LogP contribution in [0, 0.1) is 0 Å². The number of carbonyl (C=O) groups is 1. The first-order chi connectivity index (χ1) is 15.7. The molecule has 2 aromatic rings. The first kappa shape index (κ1) is 24.1. The molecule has 0 radical (unpaired) electrons. The van der Waals surface area contributed by atoms with Crippen molar-refractivity contribution in [3.8, 4) is 11.5 Å². The number of nitrogens with zero attached hydrogens (tertiary/aromatic N) is 1. The molecule has 0 aromatic heterocycles. The third kappa shape index (κ3) is 7.84. The lowest BCUT2D eigenvalue weighted by atomic mass is 10.1. The van der Waals surface area contributed by atoms with E-state index in [-0.39, 0.29) is 5.91 Å². The SMILES string of the molecule is CCCCOc1ccc(C(=O)NCc2cccc(OCCN(C)C3CCOCC3)c2)cc1. The fraction of sp³-hybridized carbons (Fsp3) is 0.500. The smallest absolute Gasteiger partial charge is 0.251 e. The number of carbonyl (C=O) groups excluding carboxylic acids is 1. The van der Waals surface area contributed by atoms with Gasteiger partial charge in [-0.3, -0.25) is 9.69 Å². The molecule has 1 saturated heterocycles. The van der Waals surface area contributed by atoms with Crippen molar-refractivity contribution in [2.45, 2.75) is 45.2 Å². The van der Waals surface area contributed by atoms with Crippen molar-refractivity contribution in [1.82, 2.24) is 10.2 Å². The summed E-state index contributed by atoms with van der Waals surface area (Å²) in [6.07, 6.45) is 4.29. The van der Waals surface area contributed by atoms with Crippen molar-refractivity contribution in [3.63, 3.8) is 0 Å². The van der Waals surface area contributed by atoms with Crippen LogP contribution in [0.2, 0.25) is 0 Å². The van der Waals surface area contributed by atoms with Crippen molar-refractivity contribution in [1.29, 1.82) is 0 Å². The van der Waals surface area contributed by atoms with E-state index < -0.39 is 0 Å². The molecule has 6 nitrogen and oxygen atoms in total. The Hall–Kier alpha value is -2.57. The van der Waals surface area contributed by atoms with Crippen molar-refractivity contribution in [3.05, 3.63) is 59.7 Å². The maximum absolute atomic E-state index is 12.5. The second kappa shape index (κ2) is 13.1. The Morgan fingerprint density at radius 3 is 2.56 bits per heavy atom. The van der Waals surface area contributed by atoms with Crippen molar-refractivity contribution in [2.75, 3.05) is 40.0 Å². The van der Waals surface area contributed by atoms with Crippen molar-refractivity contribution < 1.29 is 19.0 Å². The van der Waals surface area contributed by atoms with Gasteiger partial charge in [0.25, 0.3) is 5.91 Å². The summed E-state index contributed by atoms with van der Waals surface area (Å²) in [6, 6.07) is 15.7. The van der Waals surface area contributed by atoms with E-state index in [1.54, 1.807) is 12.1 Å². The maximum atomic E-state index is 12.5. The Morgan fingerprint density at radius 1 is 1.06 bits per heavy atom. The average molecular weight is 441 g/mol. The number of ether oxygens (including phenoxy) is 3. The molecule has 0 unspecified atom stereocenters. The number of nitrogens with one attached hydrogen (secondary N) is 1. The molecular weight excluding hydrogens is 404 g/mol. The van der Waals surface area contributed by atoms with Gasteiger partial charge in [-0.15, -0.1) is 0 Å². The first-order valence-corrected chi connectivity index (χ1v) is 11.7. The molecule has 1 aliphatic heterocycles. The van der Waals surface area contributed by atoms with Crippen LogP contribution in [0.4, 0.5) is 0 Å². The average Bonchev–Trinajstić information content (AvgIpc) is 2.84. The number of likely N-dealkylation sites (N-methyl/N-ethyl adjacent to an activating group) is 1. The largest absolute Gasteiger partial charge is 0.494 e. The van der Waals surface area contributed by atoms with Crippen LogP contribution in [-0.2, 0) is 11.3 Å². The van der Waals surface area contributed by atoms with Gasteiger partial charge in [0.2, 0.25) is 0 Å². The van der Waals surface area contributed by atoms with Crippen LogP contribution in [0.5, 0.6) is 11.5 Å². The fourth-order valence-electron chi connectivity index (χ4n) is 3.68. The minimum atomic E-state index is -0.102. The van der Waals surface area contributed by atoms with E-state index >= 15 is 0 Å². The highest BCUT2D eigenvalue weighted by atomic mass is 16.5. The predicted molar refractivity (Wildman–Crippen MR) is 126 cm³/mol. The number of hydrogen-bond acceptors (Lipinski definition) is 5.